The number of hydrogen-bond acceptors (Lipinski definition) is 6. The van der Waals surface area contributed by atoms with Crippen LogP contribution in [0.5, 0.6) is 0 Å². The van der Waals surface area contributed by atoms with E-state index in [4.69, 9.17) is 5.11 Å². The molecule has 1 heterocycles. The minimum absolute atomic E-state index is 0.0168. The van der Waals surface area contributed by atoms with Gasteiger partial charge in [-0.1, -0.05) is 6.07 Å². The number of anilines is 1. The van der Waals surface area contributed by atoms with E-state index in [1.54, 1.807) is 26.0 Å². The number of carboxylic acids is 1. The zero-order valence-corrected chi connectivity index (χ0v) is 12.2. The minimum atomic E-state index is -1.09. The maximum atomic E-state index is 11.1. The Balaban J connectivity index is 2.24. The van der Waals surface area contributed by atoms with Gasteiger partial charge in [0.1, 0.15) is 10.7 Å². The molecular weight excluding hydrogens is 294 g/mol. The molecule has 0 saturated heterocycles. The summed E-state index contributed by atoms with van der Waals surface area (Å²) in [6.07, 6.45) is 0. The summed E-state index contributed by atoms with van der Waals surface area (Å²) in [6.45, 7) is 3.55. The van der Waals surface area contributed by atoms with Crippen LogP contribution in [-0.4, -0.2) is 21.0 Å². The van der Waals surface area contributed by atoms with Gasteiger partial charge >= 0.3 is 5.97 Å². The number of benzene rings is 1. The number of nitro groups is 1. The molecule has 2 rings (SSSR count). The fraction of sp³-hybridized carbons (Fsp3) is 0.231. The molecule has 0 saturated carbocycles. The fourth-order valence-corrected chi connectivity index (χ4v) is 2.59. The third kappa shape index (κ3) is 3.34. The van der Waals surface area contributed by atoms with Crippen LogP contribution in [0.1, 0.15) is 34.0 Å². The minimum Gasteiger partial charge on any atom is -0.476 e. The number of nitrogens with zero attached hydrogens (tertiary/aromatic N) is 2. The van der Waals surface area contributed by atoms with Crippen molar-refractivity contribution in [2.24, 2.45) is 0 Å². The third-order valence-electron chi connectivity index (χ3n) is 2.83. The van der Waals surface area contributed by atoms with E-state index in [0.717, 1.165) is 5.56 Å². The Morgan fingerprint density at radius 1 is 1.52 bits per heavy atom. The summed E-state index contributed by atoms with van der Waals surface area (Å²) in [5.41, 5.74) is 1.13. The van der Waals surface area contributed by atoms with Gasteiger partial charge in [-0.3, -0.25) is 10.1 Å². The SMILES string of the molecule is Cc1ccc(NC(C)c2nc(C(=O)O)cs2)c([N+](=O)[O-])c1. The summed E-state index contributed by atoms with van der Waals surface area (Å²) in [4.78, 5) is 25.4. The van der Waals surface area contributed by atoms with Crippen molar-refractivity contribution in [1.29, 1.82) is 0 Å². The Hall–Kier alpha value is -2.48. The predicted molar refractivity (Wildman–Crippen MR) is 78.9 cm³/mol. The number of carbonyl (C=O) groups is 1. The molecule has 0 radical (unpaired) electrons. The van der Waals surface area contributed by atoms with Crippen molar-refractivity contribution in [2.45, 2.75) is 19.9 Å². The quantitative estimate of drug-likeness (QED) is 0.649. The van der Waals surface area contributed by atoms with Crippen LogP contribution in [0.25, 0.3) is 0 Å². The van der Waals surface area contributed by atoms with Gasteiger partial charge < -0.3 is 10.4 Å². The van der Waals surface area contributed by atoms with Crippen LogP contribution in [-0.2, 0) is 0 Å². The van der Waals surface area contributed by atoms with Crippen LogP contribution < -0.4 is 5.32 Å². The number of aromatic carboxylic acids is 1. The average molecular weight is 307 g/mol. The van der Waals surface area contributed by atoms with E-state index in [9.17, 15) is 14.9 Å². The maximum absolute atomic E-state index is 11.1. The summed E-state index contributed by atoms with van der Waals surface area (Å²) in [7, 11) is 0. The standard InChI is InChI=1S/C13H13N3O4S/c1-7-3-4-9(11(5-7)16(19)20)14-8(2)12-15-10(6-21-12)13(17)18/h3-6,8,14H,1-2H3,(H,17,18). The van der Waals surface area contributed by atoms with Crippen molar-refractivity contribution in [1.82, 2.24) is 4.98 Å². The Labute approximate surface area is 124 Å². The Morgan fingerprint density at radius 2 is 2.24 bits per heavy atom. The highest BCUT2D eigenvalue weighted by Crippen LogP contribution is 2.30. The number of hydrogen-bond donors (Lipinski definition) is 2. The second-order valence-corrected chi connectivity index (χ2v) is 5.41. The lowest BCUT2D eigenvalue weighted by Gasteiger charge is -2.13. The molecule has 0 amide bonds. The molecule has 0 fully saturated rings. The lowest BCUT2D eigenvalue weighted by atomic mass is 10.2. The fourth-order valence-electron chi connectivity index (χ4n) is 1.79. The molecule has 1 atom stereocenters. The zero-order chi connectivity index (χ0) is 15.6. The molecule has 7 nitrogen and oxygen atoms in total. The number of nitro benzene ring substituents is 1. The molecule has 0 aliphatic carbocycles. The molecule has 0 aliphatic heterocycles. The van der Waals surface area contributed by atoms with E-state index >= 15 is 0 Å². The highest BCUT2D eigenvalue weighted by atomic mass is 32.1. The van der Waals surface area contributed by atoms with Gasteiger partial charge in [0.25, 0.3) is 5.69 Å². The van der Waals surface area contributed by atoms with Crippen molar-refractivity contribution >= 4 is 28.7 Å². The topological polar surface area (TPSA) is 105 Å². The zero-order valence-electron chi connectivity index (χ0n) is 11.4. The van der Waals surface area contributed by atoms with E-state index in [0.29, 0.717) is 10.7 Å². The van der Waals surface area contributed by atoms with Gasteiger partial charge in [0, 0.05) is 11.4 Å². The summed E-state index contributed by atoms with van der Waals surface area (Å²) >= 11 is 1.20. The van der Waals surface area contributed by atoms with Crippen molar-refractivity contribution in [2.75, 3.05) is 5.32 Å². The van der Waals surface area contributed by atoms with Crippen molar-refractivity contribution < 1.29 is 14.8 Å². The number of rotatable bonds is 5. The number of carboxylic acid groups (broad SMARTS) is 1. The third-order valence-corrected chi connectivity index (χ3v) is 3.86. The van der Waals surface area contributed by atoms with Crippen molar-refractivity contribution in [3.05, 3.63) is 50.0 Å². The lowest BCUT2D eigenvalue weighted by molar-refractivity contribution is -0.384. The second kappa shape index (κ2) is 5.88. The summed E-state index contributed by atoms with van der Waals surface area (Å²) in [5.74, 6) is -1.09. The molecule has 0 bridgehead atoms. The Kier molecular flexibility index (Phi) is 4.18. The highest BCUT2D eigenvalue weighted by molar-refractivity contribution is 7.09. The first-order valence-electron chi connectivity index (χ1n) is 6.08. The smallest absolute Gasteiger partial charge is 0.355 e. The van der Waals surface area contributed by atoms with Gasteiger partial charge in [0.15, 0.2) is 5.69 Å². The van der Waals surface area contributed by atoms with Crippen LogP contribution in [0.4, 0.5) is 11.4 Å². The van der Waals surface area contributed by atoms with Gasteiger partial charge in [0.05, 0.1) is 11.0 Å². The molecule has 1 aromatic heterocycles. The van der Waals surface area contributed by atoms with Crippen LogP contribution in [0.2, 0.25) is 0 Å². The maximum Gasteiger partial charge on any atom is 0.355 e. The largest absolute Gasteiger partial charge is 0.476 e. The summed E-state index contributed by atoms with van der Waals surface area (Å²) < 4.78 is 0. The van der Waals surface area contributed by atoms with E-state index in [1.807, 2.05) is 0 Å². The number of aryl methyl sites for hydroxylation is 1. The molecule has 21 heavy (non-hydrogen) atoms. The summed E-state index contributed by atoms with van der Waals surface area (Å²) in [5, 5.41) is 24.9. The van der Waals surface area contributed by atoms with Crippen molar-refractivity contribution in [3.63, 3.8) is 0 Å². The van der Waals surface area contributed by atoms with Crippen LogP contribution >= 0.6 is 11.3 Å². The second-order valence-electron chi connectivity index (χ2n) is 4.52. The van der Waals surface area contributed by atoms with Crippen LogP contribution in [0.15, 0.2) is 23.6 Å². The molecular formula is C13H13N3O4S. The average Bonchev–Trinajstić information content (AvgIpc) is 2.90. The molecule has 1 unspecified atom stereocenters. The monoisotopic (exact) mass is 307 g/mol. The van der Waals surface area contributed by atoms with Gasteiger partial charge in [-0.15, -0.1) is 11.3 Å². The molecule has 8 heteroatoms. The molecule has 0 aliphatic rings. The van der Waals surface area contributed by atoms with Gasteiger partial charge in [-0.05, 0) is 25.5 Å². The van der Waals surface area contributed by atoms with E-state index in [-0.39, 0.29) is 17.4 Å². The number of thiazole rings is 1. The van der Waals surface area contributed by atoms with Gasteiger partial charge in [0.2, 0.25) is 0 Å². The first-order valence-corrected chi connectivity index (χ1v) is 6.96. The summed E-state index contributed by atoms with van der Waals surface area (Å²) in [6, 6.07) is 4.56. The first kappa shape index (κ1) is 14.9. The van der Waals surface area contributed by atoms with Gasteiger partial charge in [-0.25, -0.2) is 9.78 Å². The highest BCUT2D eigenvalue weighted by Gasteiger charge is 2.19. The van der Waals surface area contributed by atoms with Crippen molar-refractivity contribution in [3.8, 4) is 0 Å². The number of nitrogens with one attached hydrogen (secondary N) is 1. The van der Waals surface area contributed by atoms with E-state index in [2.05, 4.69) is 10.3 Å². The molecule has 2 aromatic rings. The van der Waals surface area contributed by atoms with Crippen LogP contribution in [0.3, 0.4) is 0 Å². The molecule has 110 valence electrons. The molecule has 1 aromatic carbocycles. The van der Waals surface area contributed by atoms with Crippen LogP contribution in [0, 0.1) is 17.0 Å². The normalized spacial score (nSPS) is 11.9. The Morgan fingerprint density at radius 3 is 2.81 bits per heavy atom. The van der Waals surface area contributed by atoms with Gasteiger partial charge in [-0.2, -0.15) is 0 Å². The lowest BCUT2D eigenvalue weighted by Crippen LogP contribution is -2.09. The van der Waals surface area contributed by atoms with E-state index < -0.39 is 10.9 Å². The molecule has 2 N–H and O–H groups in total. The first-order chi connectivity index (χ1) is 9.88. The molecule has 0 spiro atoms. The Bertz CT molecular complexity index is 698. The number of aromatic nitrogens is 1. The van der Waals surface area contributed by atoms with E-state index in [1.165, 1.54) is 22.8 Å². The predicted octanol–water partition coefficient (Wildman–Crippen LogP) is 3.23.